The molecule has 1 atom stereocenters. The molecule has 1 aliphatic heterocycles. The third-order valence-corrected chi connectivity index (χ3v) is 4.32. The van der Waals surface area contributed by atoms with Gasteiger partial charge in [0.25, 0.3) is 0 Å². The molecule has 0 amide bonds. The molecule has 5 nitrogen and oxygen atoms in total. The van der Waals surface area contributed by atoms with Gasteiger partial charge < -0.3 is 10.3 Å². The maximum absolute atomic E-state index is 6.06. The first kappa shape index (κ1) is 14.1. The third kappa shape index (κ3) is 3.08. The number of piperidine rings is 1. The molecular weight excluding hydrogens is 262 g/mol. The highest BCUT2D eigenvalue weighted by molar-refractivity contribution is 5.72. The molecule has 3 heterocycles. The van der Waals surface area contributed by atoms with E-state index in [2.05, 4.69) is 26.4 Å². The number of anilines is 1. The zero-order chi connectivity index (χ0) is 14.7. The smallest absolute Gasteiger partial charge is 0.0951 e. The molecule has 0 saturated carbocycles. The van der Waals surface area contributed by atoms with Gasteiger partial charge in [0.15, 0.2) is 0 Å². The number of imidazole rings is 1. The molecular formula is C16H23N5. The van der Waals surface area contributed by atoms with E-state index in [1.165, 1.54) is 32.4 Å². The number of rotatable bonds is 4. The monoisotopic (exact) mass is 285 g/mol. The molecule has 1 aliphatic rings. The van der Waals surface area contributed by atoms with Crippen molar-refractivity contribution in [3.05, 3.63) is 31.0 Å². The first-order valence-corrected chi connectivity index (χ1v) is 7.70. The van der Waals surface area contributed by atoms with Crippen LogP contribution in [0.25, 0.3) is 11.3 Å². The highest BCUT2D eigenvalue weighted by Crippen LogP contribution is 2.25. The summed E-state index contributed by atoms with van der Waals surface area (Å²) in [6.07, 6.45) is 11.3. The Morgan fingerprint density at radius 1 is 1.19 bits per heavy atom. The molecule has 0 aromatic carbocycles. The predicted octanol–water partition coefficient (Wildman–Crippen LogP) is 2.40. The lowest BCUT2D eigenvalue weighted by Gasteiger charge is -2.32. The van der Waals surface area contributed by atoms with Gasteiger partial charge in [-0.1, -0.05) is 6.42 Å². The second-order valence-corrected chi connectivity index (χ2v) is 5.84. The van der Waals surface area contributed by atoms with Crippen molar-refractivity contribution in [3.63, 3.8) is 0 Å². The number of nitrogens with zero attached hydrogens (tertiary/aromatic N) is 4. The Kier molecular flexibility index (Phi) is 4.20. The van der Waals surface area contributed by atoms with Crippen molar-refractivity contribution in [2.75, 3.05) is 18.8 Å². The third-order valence-electron chi connectivity index (χ3n) is 4.32. The molecule has 2 aromatic heterocycles. The zero-order valence-corrected chi connectivity index (χ0v) is 12.6. The van der Waals surface area contributed by atoms with Gasteiger partial charge in [-0.25, -0.2) is 4.98 Å². The summed E-state index contributed by atoms with van der Waals surface area (Å²) in [6.45, 7) is 5.64. The number of hydrogen-bond donors (Lipinski definition) is 1. The Hall–Kier alpha value is -1.88. The summed E-state index contributed by atoms with van der Waals surface area (Å²) in [4.78, 5) is 11.0. The van der Waals surface area contributed by atoms with Crippen molar-refractivity contribution in [1.82, 2.24) is 19.4 Å². The number of nitrogens with two attached hydrogens (primary N) is 1. The van der Waals surface area contributed by atoms with Gasteiger partial charge in [0.2, 0.25) is 0 Å². The summed E-state index contributed by atoms with van der Waals surface area (Å²) < 4.78 is 2.19. The molecule has 1 fully saturated rings. The van der Waals surface area contributed by atoms with Crippen LogP contribution in [-0.4, -0.2) is 38.6 Å². The number of nitrogen functional groups attached to an aromatic ring is 1. The molecule has 5 heteroatoms. The predicted molar refractivity (Wildman–Crippen MR) is 84.8 cm³/mol. The number of hydrogen-bond acceptors (Lipinski definition) is 4. The van der Waals surface area contributed by atoms with Gasteiger partial charge in [-0.3, -0.25) is 9.88 Å². The molecule has 1 saturated heterocycles. The summed E-state index contributed by atoms with van der Waals surface area (Å²) >= 11 is 0. The van der Waals surface area contributed by atoms with Crippen molar-refractivity contribution < 1.29 is 0 Å². The van der Waals surface area contributed by atoms with E-state index < -0.39 is 0 Å². The Balaban J connectivity index is 1.78. The largest absolute Gasteiger partial charge is 0.398 e. The van der Waals surface area contributed by atoms with Crippen molar-refractivity contribution in [1.29, 1.82) is 0 Å². The maximum Gasteiger partial charge on any atom is 0.0951 e. The van der Waals surface area contributed by atoms with E-state index in [0.29, 0.717) is 6.04 Å². The maximum atomic E-state index is 6.06. The quantitative estimate of drug-likeness (QED) is 0.937. The van der Waals surface area contributed by atoms with Gasteiger partial charge in [-0.05, 0) is 38.9 Å². The molecule has 21 heavy (non-hydrogen) atoms. The van der Waals surface area contributed by atoms with Gasteiger partial charge in [0, 0.05) is 36.2 Å². The van der Waals surface area contributed by atoms with Crippen molar-refractivity contribution in [3.8, 4) is 11.3 Å². The molecule has 3 rings (SSSR count). The lowest BCUT2D eigenvalue weighted by atomic mass is 10.1. The minimum absolute atomic E-state index is 0.510. The van der Waals surface area contributed by atoms with Crippen LogP contribution in [0.3, 0.4) is 0 Å². The highest BCUT2D eigenvalue weighted by Gasteiger charge is 2.18. The van der Waals surface area contributed by atoms with Gasteiger partial charge in [0.1, 0.15) is 0 Å². The van der Waals surface area contributed by atoms with Crippen molar-refractivity contribution in [2.45, 2.75) is 38.8 Å². The lowest BCUT2D eigenvalue weighted by molar-refractivity contribution is 0.160. The van der Waals surface area contributed by atoms with Crippen LogP contribution in [0.1, 0.15) is 26.2 Å². The Labute approximate surface area is 125 Å². The van der Waals surface area contributed by atoms with E-state index in [1.807, 2.05) is 24.8 Å². The van der Waals surface area contributed by atoms with Gasteiger partial charge >= 0.3 is 0 Å². The average Bonchev–Trinajstić information content (AvgIpc) is 2.96. The normalized spacial score (nSPS) is 17.8. The Bertz CT molecular complexity index is 586. The van der Waals surface area contributed by atoms with Crippen molar-refractivity contribution in [2.24, 2.45) is 0 Å². The van der Waals surface area contributed by atoms with E-state index in [-0.39, 0.29) is 0 Å². The van der Waals surface area contributed by atoms with Crippen LogP contribution in [0.2, 0.25) is 0 Å². The highest BCUT2D eigenvalue weighted by atomic mass is 15.2. The Morgan fingerprint density at radius 3 is 2.76 bits per heavy atom. The standard InChI is InChI=1S/C16H23N5/c1-13(20-7-3-2-4-8-20)11-21-12-19-10-16(21)14-9-18-6-5-15(14)17/h5-6,9-10,12-13H,2-4,7-8,11H2,1H3,(H2,17,18). The molecule has 112 valence electrons. The van der Waals surface area contributed by atoms with Crippen LogP contribution < -0.4 is 5.73 Å². The number of likely N-dealkylation sites (tertiary alicyclic amines) is 1. The SMILES string of the molecule is CC(Cn1cncc1-c1cnccc1N)N1CCCCC1. The molecule has 2 aromatic rings. The second-order valence-electron chi connectivity index (χ2n) is 5.84. The molecule has 0 radical (unpaired) electrons. The fourth-order valence-electron chi connectivity index (χ4n) is 3.07. The minimum Gasteiger partial charge on any atom is -0.398 e. The number of pyridine rings is 1. The van der Waals surface area contributed by atoms with E-state index in [9.17, 15) is 0 Å². The van der Waals surface area contributed by atoms with Crippen molar-refractivity contribution >= 4 is 5.69 Å². The fourth-order valence-corrected chi connectivity index (χ4v) is 3.07. The van der Waals surface area contributed by atoms with E-state index in [4.69, 9.17) is 5.73 Å². The average molecular weight is 285 g/mol. The molecule has 0 spiro atoms. The minimum atomic E-state index is 0.510. The second kappa shape index (κ2) is 6.26. The summed E-state index contributed by atoms with van der Waals surface area (Å²) in [6, 6.07) is 2.34. The first-order valence-electron chi connectivity index (χ1n) is 7.70. The topological polar surface area (TPSA) is 60.0 Å². The summed E-state index contributed by atoms with van der Waals surface area (Å²) in [5, 5.41) is 0. The van der Waals surface area contributed by atoms with Crippen LogP contribution in [0, 0.1) is 0 Å². The van der Waals surface area contributed by atoms with Crippen LogP contribution in [0.5, 0.6) is 0 Å². The van der Waals surface area contributed by atoms with Gasteiger partial charge in [-0.2, -0.15) is 0 Å². The van der Waals surface area contributed by atoms with Crippen LogP contribution >= 0.6 is 0 Å². The zero-order valence-electron chi connectivity index (χ0n) is 12.6. The van der Waals surface area contributed by atoms with E-state index in [0.717, 1.165) is 23.5 Å². The lowest BCUT2D eigenvalue weighted by Crippen LogP contribution is -2.39. The van der Waals surface area contributed by atoms with E-state index in [1.54, 1.807) is 6.20 Å². The fraction of sp³-hybridized carbons (Fsp3) is 0.500. The Morgan fingerprint density at radius 2 is 2.00 bits per heavy atom. The van der Waals surface area contributed by atoms with Crippen LogP contribution in [0.4, 0.5) is 5.69 Å². The summed E-state index contributed by atoms with van der Waals surface area (Å²) in [5.41, 5.74) is 8.82. The number of aromatic nitrogens is 3. The van der Waals surface area contributed by atoms with Gasteiger partial charge in [-0.15, -0.1) is 0 Å². The van der Waals surface area contributed by atoms with Gasteiger partial charge in [0.05, 0.1) is 18.2 Å². The molecule has 2 N–H and O–H groups in total. The summed E-state index contributed by atoms with van der Waals surface area (Å²) in [7, 11) is 0. The van der Waals surface area contributed by atoms with Crippen LogP contribution in [0.15, 0.2) is 31.0 Å². The first-order chi connectivity index (χ1) is 10.3. The summed E-state index contributed by atoms with van der Waals surface area (Å²) in [5.74, 6) is 0. The molecule has 0 bridgehead atoms. The van der Waals surface area contributed by atoms with E-state index >= 15 is 0 Å². The van der Waals surface area contributed by atoms with Crippen LogP contribution in [-0.2, 0) is 6.54 Å². The molecule has 1 unspecified atom stereocenters. The molecule has 0 aliphatic carbocycles.